The highest BCUT2D eigenvalue weighted by atomic mass is 79.9. The van der Waals surface area contributed by atoms with Crippen LogP contribution in [-0.4, -0.2) is 26.4 Å². The molecule has 0 N–H and O–H groups in total. The Morgan fingerprint density at radius 2 is 2.00 bits per heavy atom. The fourth-order valence-electron chi connectivity index (χ4n) is 2.48. The second-order valence-electron chi connectivity index (χ2n) is 4.87. The molecule has 2 atom stereocenters. The highest BCUT2D eigenvalue weighted by molar-refractivity contribution is 9.08. The molecule has 0 bridgehead atoms. The van der Waals surface area contributed by atoms with Crippen LogP contribution in [0.3, 0.4) is 0 Å². The Labute approximate surface area is 123 Å². The molecular weight excluding hydrogens is 308 g/mol. The van der Waals surface area contributed by atoms with Gasteiger partial charge in [0.1, 0.15) is 17.6 Å². The Bertz CT molecular complexity index is 408. The van der Waals surface area contributed by atoms with E-state index in [0.717, 1.165) is 48.1 Å². The predicted molar refractivity (Wildman–Crippen MR) is 79.3 cm³/mol. The Balaban J connectivity index is 2.08. The summed E-state index contributed by atoms with van der Waals surface area (Å²) in [6.45, 7) is 0. The van der Waals surface area contributed by atoms with Crippen LogP contribution in [0.5, 0.6) is 11.5 Å². The van der Waals surface area contributed by atoms with Crippen molar-refractivity contribution in [2.24, 2.45) is 0 Å². The van der Waals surface area contributed by atoms with E-state index in [1.54, 1.807) is 14.2 Å². The topological polar surface area (TPSA) is 27.7 Å². The normalized spacial score (nSPS) is 23.1. The molecule has 1 saturated carbocycles. The van der Waals surface area contributed by atoms with Crippen LogP contribution >= 0.6 is 15.9 Å². The lowest BCUT2D eigenvalue weighted by molar-refractivity contribution is 0.0207. The number of halogens is 1. The van der Waals surface area contributed by atoms with Crippen molar-refractivity contribution in [1.29, 1.82) is 0 Å². The van der Waals surface area contributed by atoms with E-state index < -0.39 is 0 Å². The molecule has 3 nitrogen and oxygen atoms in total. The third-order valence-corrected chi connectivity index (χ3v) is 4.23. The zero-order valence-electron chi connectivity index (χ0n) is 11.5. The van der Waals surface area contributed by atoms with Crippen LogP contribution in [0.4, 0.5) is 0 Å². The molecule has 0 aromatic heterocycles. The number of ether oxygens (including phenoxy) is 3. The fourth-order valence-corrected chi connectivity index (χ4v) is 2.95. The molecule has 1 aliphatic carbocycles. The first kappa shape index (κ1) is 14.7. The van der Waals surface area contributed by atoms with Gasteiger partial charge < -0.3 is 14.2 Å². The van der Waals surface area contributed by atoms with Crippen molar-refractivity contribution in [3.63, 3.8) is 0 Å². The number of alkyl halides is 1. The van der Waals surface area contributed by atoms with E-state index in [-0.39, 0.29) is 6.10 Å². The Kier molecular flexibility index (Phi) is 5.52. The van der Waals surface area contributed by atoms with Gasteiger partial charge in [0, 0.05) is 30.5 Å². The second kappa shape index (κ2) is 7.15. The molecule has 0 aliphatic heterocycles. The van der Waals surface area contributed by atoms with Crippen molar-refractivity contribution in [2.75, 3.05) is 14.2 Å². The SMILES string of the molecule is COc1ccc(CBr)c(OC2CCCC(OC)C2)c1. The molecule has 2 unspecified atom stereocenters. The molecular formula is C15H21BrO3. The van der Waals surface area contributed by atoms with Crippen LogP contribution in [0.1, 0.15) is 31.2 Å². The summed E-state index contributed by atoms with van der Waals surface area (Å²) in [6, 6.07) is 5.97. The lowest BCUT2D eigenvalue weighted by Crippen LogP contribution is -2.29. The second-order valence-corrected chi connectivity index (χ2v) is 5.43. The molecule has 1 fully saturated rings. The van der Waals surface area contributed by atoms with Gasteiger partial charge >= 0.3 is 0 Å². The van der Waals surface area contributed by atoms with Crippen molar-refractivity contribution in [2.45, 2.75) is 43.2 Å². The third-order valence-electron chi connectivity index (χ3n) is 3.62. The van der Waals surface area contributed by atoms with Gasteiger partial charge in [-0.25, -0.2) is 0 Å². The molecule has 4 heteroatoms. The van der Waals surface area contributed by atoms with E-state index in [0.29, 0.717) is 6.10 Å². The number of methoxy groups -OCH3 is 2. The molecule has 1 aromatic carbocycles. The maximum Gasteiger partial charge on any atom is 0.127 e. The standard InChI is InChI=1S/C15H21BrO3/c1-17-12-4-3-5-14(8-12)19-15-9-13(18-2)7-6-11(15)10-16/h6-7,9,12,14H,3-5,8,10H2,1-2H3. The van der Waals surface area contributed by atoms with Crippen molar-refractivity contribution in [3.8, 4) is 11.5 Å². The van der Waals surface area contributed by atoms with E-state index >= 15 is 0 Å². The van der Waals surface area contributed by atoms with E-state index in [4.69, 9.17) is 14.2 Å². The maximum absolute atomic E-state index is 6.16. The maximum atomic E-state index is 6.16. The van der Waals surface area contributed by atoms with Crippen LogP contribution in [-0.2, 0) is 10.1 Å². The van der Waals surface area contributed by atoms with Gasteiger partial charge in [-0.15, -0.1) is 0 Å². The average molecular weight is 329 g/mol. The third kappa shape index (κ3) is 3.86. The molecule has 0 radical (unpaired) electrons. The van der Waals surface area contributed by atoms with Crippen LogP contribution in [0.25, 0.3) is 0 Å². The number of rotatable bonds is 5. The Morgan fingerprint density at radius 1 is 1.21 bits per heavy atom. The number of hydrogen-bond acceptors (Lipinski definition) is 3. The van der Waals surface area contributed by atoms with Gasteiger partial charge in [0.15, 0.2) is 0 Å². The smallest absolute Gasteiger partial charge is 0.127 e. The largest absolute Gasteiger partial charge is 0.497 e. The first-order valence-corrected chi connectivity index (χ1v) is 7.81. The van der Waals surface area contributed by atoms with Crippen LogP contribution in [0, 0.1) is 0 Å². The first-order chi connectivity index (χ1) is 9.26. The molecule has 19 heavy (non-hydrogen) atoms. The van der Waals surface area contributed by atoms with Gasteiger partial charge in [-0.1, -0.05) is 22.0 Å². The molecule has 1 aliphatic rings. The van der Waals surface area contributed by atoms with Crippen molar-refractivity contribution >= 4 is 15.9 Å². The van der Waals surface area contributed by atoms with E-state index in [1.165, 1.54) is 0 Å². The lowest BCUT2D eigenvalue weighted by atomic mass is 9.95. The Hall–Kier alpha value is -0.740. The van der Waals surface area contributed by atoms with E-state index in [9.17, 15) is 0 Å². The summed E-state index contributed by atoms with van der Waals surface area (Å²) in [5, 5.41) is 0.784. The molecule has 0 saturated heterocycles. The Morgan fingerprint density at radius 3 is 2.68 bits per heavy atom. The van der Waals surface area contributed by atoms with E-state index in [2.05, 4.69) is 15.9 Å². The molecule has 106 valence electrons. The monoisotopic (exact) mass is 328 g/mol. The fraction of sp³-hybridized carbons (Fsp3) is 0.600. The molecule has 2 rings (SSSR count). The van der Waals surface area contributed by atoms with E-state index in [1.807, 2.05) is 18.2 Å². The highest BCUT2D eigenvalue weighted by Gasteiger charge is 2.23. The van der Waals surface area contributed by atoms with Gasteiger partial charge in [0.05, 0.1) is 13.2 Å². The van der Waals surface area contributed by atoms with Crippen molar-refractivity contribution < 1.29 is 14.2 Å². The molecule has 0 heterocycles. The summed E-state index contributed by atoms with van der Waals surface area (Å²) in [4.78, 5) is 0. The van der Waals surface area contributed by atoms with Crippen molar-refractivity contribution in [1.82, 2.24) is 0 Å². The minimum absolute atomic E-state index is 0.239. The van der Waals surface area contributed by atoms with Gasteiger partial charge in [-0.05, 0) is 25.3 Å². The minimum atomic E-state index is 0.239. The van der Waals surface area contributed by atoms with Crippen LogP contribution in [0.15, 0.2) is 18.2 Å². The summed E-state index contributed by atoms with van der Waals surface area (Å²) < 4.78 is 16.9. The minimum Gasteiger partial charge on any atom is -0.497 e. The van der Waals surface area contributed by atoms with Gasteiger partial charge in [0.25, 0.3) is 0 Å². The zero-order chi connectivity index (χ0) is 13.7. The first-order valence-electron chi connectivity index (χ1n) is 6.69. The number of hydrogen-bond donors (Lipinski definition) is 0. The quantitative estimate of drug-likeness (QED) is 0.766. The predicted octanol–water partition coefficient (Wildman–Crippen LogP) is 3.93. The lowest BCUT2D eigenvalue weighted by Gasteiger charge is -2.29. The average Bonchev–Trinajstić information content (AvgIpc) is 2.47. The summed E-state index contributed by atoms with van der Waals surface area (Å²) in [6.07, 6.45) is 4.94. The summed E-state index contributed by atoms with van der Waals surface area (Å²) in [5.41, 5.74) is 1.15. The van der Waals surface area contributed by atoms with Crippen LogP contribution < -0.4 is 9.47 Å². The van der Waals surface area contributed by atoms with Crippen molar-refractivity contribution in [3.05, 3.63) is 23.8 Å². The summed E-state index contributed by atoms with van der Waals surface area (Å²) >= 11 is 3.50. The van der Waals surface area contributed by atoms with Gasteiger partial charge in [-0.3, -0.25) is 0 Å². The molecule has 1 aromatic rings. The summed E-state index contributed by atoms with van der Waals surface area (Å²) in [7, 11) is 3.46. The highest BCUT2D eigenvalue weighted by Crippen LogP contribution is 2.31. The van der Waals surface area contributed by atoms with Gasteiger partial charge in [0.2, 0.25) is 0 Å². The number of benzene rings is 1. The molecule has 0 spiro atoms. The van der Waals surface area contributed by atoms with Crippen LogP contribution in [0.2, 0.25) is 0 Å². The van der Waals surface area contributed by atoms with Gasteiger partial charge in [-0.2, -0.15) is 0 Å². The zero-order valence-corrected chi connectivity index (χ0v) is 13.1. The molecule has 0 amide bonds. The summed E-state index contributed by atoms with van der Waals surface area (Å²) in [5.74, 6) is 1.75.